The molecule has 4 rings (SSSR count). The fourth-order valence-corrected chi connectivity index (χ4v) is 3.67. The summed E-state index contributed by atoms with van der Waals surface area (Å²) < 4.78 is 5.39. The van der Waals surface area contributed by atoms with Gasteiger partial charge in [-0.1, -0.05) is 60.1 Å². The van der Waals surface area contributed by atoms with E-state index in [0.29, 0.717) is 5.02 Å². The quantitative estimate of drug-likeness (QED) is 0.629. The van der Waals surface area contributed by atoms with Crippen LogP contribution in [0.15, 0.2) is 66.7 Å². The summed E-state index contributed by atoms with van der Waals surface area (Å²) in [4.78, 5) is 14.2. The van der Waals surface area contributed by atoms with Gasteiger partial charge in [-0.15, -0.1) is 0 Å². The van der Waals surface area contributed by atoms with E-state index in [1.165, 1.54) is 0 Å². The standard InChI is InChI=1S/C20H16ClNO2/c1-20(17-8-4-5-9-18(17)21)13-24-19(23)22(20)16-11-10-14-6-2-3-7-15(14)12-16/h2-12H,13H2,1H3. The number of rotatable bonds is 2. The first kappa shape index (κ1) is 15.0. The molecule has 1 aliphatic heterocycles. The molecule has 3 aromatic rings. The monoisotopic (exact) mass is 337 g/mol. The van der Waals surface area contributed by atoms with Gasteiger partial charge >= 0.3 is 6.09 Å². The molecular weight excluding hydrogens is 322 g/mol. The van der Waals surface area contributed by atoms with Crippen molar-refractivity contribution in [1.82, 2.24) is 0 Å². The molecule has 0 aliphatic carbocycles. The lowest BCUT2D eigenvalue weighted by Gasteiger charge is -2.33. The molecule has 1 heterocycles. The van der Waals surface area contributed by atoms with Crippen LogP contribution >= 0.6 is 11.6 Å². The molecule has 0 bridgehead atoms. The van der Waals surface area contributed by atoms with Crippen LogP contribution in [0.3, 0.4) is 0 Å². The first-order chi connectivity index (χ1) is 11.6. The van der Waals surface area contributed by atoms with Gasteiger partial charge in [-0.3, -0.25) is 4.90 Å². The van der Waals surface area contributed by atoms with E-state index in [0.717, 1.165) is 22.0 Å². The second-order valence-electron chi connectivity index (χ2n) is 6.18. The Kier molecular flexibility index (Phi) is 3.47. The van der Waals surface area contributed by atoms with E-state index >= 15 is 0 Å². The first-order valence-electron chi connectivity index (χ1n) is 7.80. The molecule has 24 heavy (non-hydrogen) atoms. The molecule has 0 aromatic heterocycles. The molecule has 0 saturated carbocycles. The van der Waals surface area contributed by atoms with Crippen LogP contribution in [0.4, 0.5) is 10.5 Å². The molecule has 1 amide bonds. The minimum absolute atomic E-state index is 0.266. The number of fused-ring (bicyclic) bond motifs is 1. The van der Waals surface area contributed by atoms with Gasteiger partial charge in [-0.2, -0.15) is 0 Å². The Bertz CT molecular complexity index is 940. The zero-order valence-electron chi connectivity index (χ0n) is 13.2. The fourth-order valence-electron chi connectivity index (χ4n) is 3.34. The van der Waals surface area contributed by atoms with Crippen LogP contribution in [0.25, 0.3) is 10.8 Å². The van der Waals surface area contributed by atoms with Gasteiger partial charge in [0.2, 0.25) is 0 Å². The van der Waals surface area contributed by atoms with Crippen LogP contribution in [-0.4, -0.2) is 12.7 Å². The Balaban J connectivity index is 1.87. The van der Waals surface area contributed by atoms with Crippen molar-refractivity contribution < 1.29 is 9.53 Å². The minimum atomic E-state index is -0.641. The van der Waals surface area contributed by atoms with Gasteiger partial charge in [0.05, 0.1) is 0 Å². The number of hydrogen-bond donors (Lipinski definition) is 0. The molecule has 3 aromatic carbocycles. The second-order valence-corrected chi connectivity index (χ2v) is 6.58. The third-order valence-corrected chi connectivity index (χ3v) is 4.93. The topological polar surface area (TPSA) is 29.5 Å². The van der Waals surface area contributed by atoms with Crippen molar-refractivity contribution in [3.8, 4) is 0 Å². The first-order valence-corrected chi connectivity index (χ1v) is 8.18. The summed E-state index contributed by atoms with van der Waals surface area (Å²) in [5, 5.41) is 2.84. The average molecular weight is 338 g/mol. The average Bonchev–Trinajstić information content (AvgIpc) is 2.90. The van der Waals surface area contributed by atoms with E-state index in [1.807, 2.05) is 67.6 Å². The molecule has 1 aliphatic rings. The summed E-state index contributed by atoms with van der Waals surface area (Å²) in [7, 11) is 0. The van der Waals surface area contributed by atoms with E-state index in [-0.39, 0.29) is 12.7 Å². The number of carbonyl (C=O) groups is 1. The molecule has 0 spiro atoms. The third-order valence-electron chi connectivity index (χ3n) is 4.60. The molecule has 1 atom stereocenters. The number of ether oxygens (including phenoxy) is 1. The number of cyclic esters (lactones) is 1. The van der Waals surface area contributed by atoms with Crippen molar-refractivity contribution in [3.63, 3.8) is 0 Å². The zero-order valence-corrected chi connectivity index (χ0v) is 14.0. The van der Waals surface area contributed by atoms with Gasteiger partial charge < -0.3 is 4.74 Å². The predicted molar refractivity (Wildman–Crippen MR) is 96.6 cm³/mol. The molecule has 0 radical (unpaired) electrons. The summed E-state index contributed by atoms with van der Waals surface area (Å²) in [6.07, 6.45) is -0.354. The van der Waals surface area contributed by atoms with Crippen LogP contribution in [0.2, 0.25) is 5.02 Å². The number of carbonyl (C=O) groups excluding carboxylic acids is 1. The third kappa shape index (κ3) is 2.24. The van der Waals surface area contributed by atoms with Crippen molar-refractivity contribution in [3.05, 3.63) is 77.3 Å². The van der Waals surface area contributed by atoms with Gasteiger partial charge in [0.25, 0.3) is 0 Å². The van der Waals surface area contributed by atoms with E-state index in [9.17, 15) is 4.79 Å². The highest BCUT2D eigenvalue weighted by molar-refractivity contribution is 6.31. The fraction of sp³-hybridized carbons (Fsp3) is 0.150. The number of hydrogen-bond acceptors (Lipinski definition) is 2. The minimum Gasteiger partial charge on any atom is -0.446 e. The van der Waals surface area contributed by atoms with E-state index < -0.39 is 5.54 Å². The Morgan fingerprint density at radius 3 is 2.50 bits per heavy atom. The molecule has 3 nitrogen and oxygen atoms in total. The van der Waals surface area contributed by atoms with Gasteiger partial charge in [0, 0.05) is 10.7 Å². The largest absolute Gasteiger partial charge is 0.446 e. The predicted octanol–water partition coefficient (Wildman–Crippen LogP) is 5.37. The summed E-state index contributed by atoms with van der Waals surface area (Å²) in [5.41, 5.74) is 1.04. The lowest BCUT2D eigenvalue weighted by atomic mass is 9.91. The van der Waals surface area contributed by atoms with E-state index in [2.05, 4.69) is 6.07 Å². The maximum atomic E-state index is 12.5. The van der Waals surface area contributed by atoms with Crippen molar-refractivity contribution in [2.24, 2.45) is 0 Å². The number of halogens is 1. The van der Waals surface area contributed by atoms with Crippen molar-refractivity contribution >= 4 is 34.2 Å². The van der Waals surface area contributed by atoms with Crippen LogP contribution < -0.4 is 4.90 Å². The van der Waals surface area contributed by atoms with Crippen molar-refractivity contribution in [1.29, 1.82) is 0 Å². The molecular formula is C20H16ClNO2. The van der Waals surface area contributed by atoms with Gasteiger partial charge in [0.1, 0.15) is 12.1 Å². The van der Waals surface area contributed by atoms with Crippen LogP contribution in [0.1, 0.15) is 12.5 Å². The molecule has 4 heteroatoms. The highest BCUT2D eigenvalue weighted by Crippen LogP contribution is 2.41. The Labute approximate surface area is 145 Å². The van der Waals surface area contributed by atoms with Gasteiger partial charge in [-0.25, -0.2) is 4.79 Å². The van der Waals surface area contributed by atoms with Gasteiger partial charge in [0.15, 0.2) is 0 Å². The molecule has 0 N–H and O–H groups in total. The SMILES string of the molecule is CC1(c2ccccc2Cl)COC(=O)N1c1ccc2ccccc2c1. The highest BCUT2D eigenvalue weighted by Gasteiger charge is 2.47. The maximum Gasteiger partial charge on any atom is 0.415 e. The Morgan fingerprint density at radius 1 is 1.00 bits per heavy atom. The smallest absolute Gasteiger partial charge is 0.415 e. The molecule has 1 saturated heterocycles. The van der Waals surface area contributed by atoms with Crippen molar-refractivity contribution in [2.45, 2.75) is 12.5 Å². The summed E-state index contributed by atoms with van der Waals surface area (Å²) in [6, 6.07) is 21.6. The molecule has 1 fully saturated rings. The maximum absolute atomic E-state index is 12.5. The number of nitrogens with zero attached hydrogens (tertiary/aromatic N) is 1. The summed E-state index contributed by atoms with van der Waals surface area (Å²) in [5.74, 6) is 0. The summed E-state index contributed by atoms with van der Waals surface area (Å²) >= 11 is 6.40. The Morgan fingerprint density at radius 2 is 1.71 bits per heavy atom. The number of amides is 1. The second kappa shape index (κ2) is 5.53. The number of benzene rings is 3. The van der Waals surface area contributed by atoms with Gasteiger partial charge in [-0.05, 0) is 41.5 Å². The summed E-state index contributed by atoms with van der Waals surface area (Å²) in [6.45, 7) is 2.25. The molecule has 1 unspecified atom stereocenters. The Hall–Kier alpha value is -2.52. The highest BCUT2D eigenvalue weighted by atomic mass is 35.5. The van der Waals surface area contributed by atoms with Crippen LogP contribution in [0.5, 0.6) is 0 Å². The van der Waals surface area contributed by atoms with Crippen LogP contribution in [-0.2, 0) is 10.3 Å². The lowest BCUT2D eigenvalue weighted by Crippen LogP contribution is -2.42. The van der Waals surface area contributed by atoms with E-state index in [4.69, 9.17) is 16.3 Å². The van der Waals surface area contributed by atoms with Crippen molar-refractivity contribution in [2.75, 3.05) is 11.5 Å². The zero-order chi connectivity index (χ0) is 16.7. The number of anilines is 1. The normalized spacial score (nSPS) is 20.4. The lowest BCUT2D eigenvalue weighted by molar-refractivity contribution is 0.174. The molecule has 120 valence electrons. The van der Waals surface area contributed by atoms with E-state index in [1.54, 1.807) is 4.90 Å². The van der Waals surface area contributed by atoms with Crippen LogP contribution in [0, 0.1) is 0 Å².